The Bertz CT molecular complexity index is 878. The van der Waals surface area contributed by atoms with Crippen molar-refractivity contribution in [2.24, 2.45) is 5.92 Å². The highest BCUT2D eigenvalue weighted by Gasteiger charge is 2.46. The van der Waals surface area contributed by atoms with Gasteiger partial charge in [0.1, 0.15) is 5.75 Å². The van der Waals surface area contributed by atoms with E-state index in [1.54, 1.807) is 0 Å². The highest BCUT2D eigenvalue weighted by atomic mass is 28.4. The maximum atomic E-state index is 14.4. The summed E-state index contributed by atoms with van der Waals surface area (Å²) in [4.78, 5) is 0. The second kappa shape index (κ2) is 8.62. The fourth-order valence-corrected chi connectivity index (χ4v) is 6.08. The van der Waals surface area contributed by atoms with Crippen molar-refractivity contribution in [1.29, 1.82) is 0 Å². The van der Waals surface area contributed by atoms with E-state index in [0.29, 0.717) is 6.61 Å². The number of halogens is 3. The first-order chi connectivity index (χ1) is 13.4. The molecule has 3 aromatic carbocycles. The quantitative estimate of drug-likeness (QED) is 0.431. The van der Waals surface area contributed by atoms with Crippen molar-refractivity contribution in [1.82, 2.24) is 0 Å². The fourth-order valence-electron chi connectivity index (χ4n) is 2.82. The summed E-state index contributed by atoms with van der Waals surface area (Å²) >= 11 is 0. The van der Waals surface area contributed by atoms with Crippen LogP contribution in [0.15, 0.2) is 72.8 Å². The molecule has 0 atom stereocenters. The third-order valence-electron chi connectivity index (χ3n) is 4.18. The van der Waals surface area contributed by atoms with Gasteiger partial charge in [-0.3, -0.25) is 0 Å². The summed E-state index contributed by atoms with van der Waals surface area (Å²) in [6.45, 7) is 4.35. The van der Waals surface area contributed by atoms with Crippen LogP contribution in [-0.4, -0.2) is 15.2 Å². The lowest BCUT2D eigenvalue weighted by Gasteiger charge is -2.32. The van der Waals surface area contributed by atoms with E-state index in [-0.39, 0.29) is 11.7 Å². The summed E-state index contributed by atoms with van der Waals surface area (Å²) in [6, 6.07) is 20.4. The molecule has 0 heterocycles. The topological polar surface area (TPSA) is 18.5 Å². The molecule has 2 nitrogen and oxygen atoms in total. The maximum Gasteiger partial charge on any atom is 0.468 e. The van der Waals surface area contributed by atoms with Crippen LogP contribution in [0.1, 0.15) is 13.8 Å². The second-order valence-electron chi connectivity index (χ2n) is 6.83. The Labute approximate surface area is 163 Å². The maximum absolute atomic E-state index is 14.4. The molecule has 3 rings (SSSR count). The summed E-state index contributed by atoms with van der Waals surface area (Å²) in [6.07, 6.45) is 0. The van der Waals surface area contributed by atoms with Gasteiger partial charge < -0.3 is 8.85 Å². The molecule has 0 amide bonds. The van der Waals surface area contributed by atoms with E-state index in [1.165, 1.54) is 0 Å². The van der Waals surface area contributed by atoms with Crippen LogP contribution in [-0.2, 0) is 4.43 Å². The molecule has 146 valence electrons. The molecule has 28 heavy (non-hydrogen) atoms. The van der Waals surface area contributed by atoms with Crippen LogP contribution in [0.3, 0.4) is 0 Å². The number of benzene rings is 3. The first-order valence-corrected chi connectivity index (χ1v) is 10.8. The molecule has 0 aromatic heterocycles. The van der Waals surface area contributed by atoms with Crippen molar-refractivity contribution in [3.05, 3.63) is 90.2 Å². The first-order valence-electron chi connectivity index (χ1n) is 9.01. The van der Waals surface area contributed by atoms with E-state index in [4.69, 9.17) is 8.85 Å². The molecule has 0 fully saturated rings. The minimum absolute atomic E-state index is 0.192. The average Bonchev–Trinajstić information content (AvgIpc) is 2.72. The molecule has 3 aromatic rings. The minimum atomic E-state index is -3.45. The predicted molar refractivity (Wildman–Crippen MR) is 106 cm³/mol. The van der Waals surface area contributed by atoms with E-state index in [9.17, 15) is 13.2 Å². The van der Waals surface area contributed by atoms with Gasteiger partial charge in [0.25, 0.3) is 0 Å². The highest BCUT2D eigenvalue weighted by Crippen LogP contribution is 2.25. The lowest BCUT2D eigenvalue weighted by Crippen LogP contribution is -2.66. The summed E-state index contributed by atoms with van der Waals surface area (Å²) in [5.74, 6) is -4.37. The van der Waals surface area contributed by atoms with Crippen LogP contribution in [0.5, 0.6) is 5.75 Å². The molecule has 0 aliphatic rings. The Morgan fingerprint density at radius 3 is 1.79 bits per heavy atom. The zero-order valence-corrected chi connectivity index (χ0v) is 16.7. The number of rotatable bonds is 7. The molecule has 0 N–H and O–H groups in total. The van der Waals surface area contributed by atoms with Crippen LogP contribution in [0.4, 0.5) is 13.2 Å². The normalized spacial score (nSPS) is 11.6. The molecule has 6 heteroatoms. The van der Waals surface area contributed by atoms with Crippen LogP contribution >= 0.6 is 0 Å². The van der Waals surface area contributed by atoms with Gasteiger partial charge in [0.2, 0.25) is 5.82 Å². The van der Waals surface area contributed by atoms with E-state index < -0.39 is 26.0 Å². The van der Waals surface area contributed by atoms with Gasteiger partial charge in [0.15, 0.2) is 11.6 Å². The van der Waals surface area contributed by atoms with Gasteiger partial charge in [-0.15, -0.1) is 0 Å². The third kappa shape index (κ3) is 4.13. The lowest BCUT2D eigenvalue weighted by atomic mass is 10.2. The van der Waals surface area contributed by atoms with Crippen molar-refractivity contribution in [2.75, 3.05) is 6.61 Å². The molecule has 0 spiro atoms. The van der Waals surface area contributed by atoms with Crippen molar-refractivity contribution < 1.29 is 22.0 Å². The fraction of sp³-hybridized carbons (Fsp3) is 0.182. The van der Waals surface area contributed by atoms with Crippen LogP contribution in [0, 0.1) is 23.4 Å². The van der Waals surface area contributed by atoms with Gasteiger partial charge in [-0.05, 0) is 18.1 Å². The minimum Gasteiger partial charge on any atom is -0.511 e. The Hall–Kier alpha value is -2.57. The Morgan fingerprint density at radius 1 is 0.750 bits per heavy atom. The molecule has 0 aliphatic carbocycles. The zero-order valence-electron chi connectivity index (χ0n) is 15.7. The van der Waals surface area contributed by atoms with Gasteiger partial charge in [-0.1, -0.05) is 74.5 Å². The summed E-state index contributed by atoms with van der Waals surface area (Å²) < 4.78 is 54.1. The first kappa shape index (κ1) is 20.2. The Balaban J connectivity index is 2.18. The smallest absolute Gasteiger partial charge is 0.468 e. The van der Waals surface area contributed by atoms with E-state index in [2.05, 4.69) is 0 Å². The third-order valence-corrected chi connectivity index (χ3v) is 7.45. The van der Waals surface area contributed by atoms with E-state index in [0.717, 1.165) is 22.5 Å². The van der Waals surface area contributed by atoms with Gasteiger partial charge in [0.05, 0.1) is 0 Å². The van der Waals surface area contributed by atoms with Gasteiger partial charge in [-0.2, -0.15) is 4.39 Å². The zero-order chi connectivity index (χ0) is 20.1. The molecule has 0 radical (unpaired) electrons. The Kier molecular flexibility index (Phi) is 6.21. The van der Waals surface area contributed by atoms with Crippen molar-refractivity contribution >= 4 is 18.9 Å². The molecule has 0 aliphatic heterocycles. The van der Waals surface area contributed by atoms with E-state index >= 15 is 0 Å². The average molecular weight is 402 g/mol. The number of hydrogen-bond donors (Lipinski definition) is 0. The second-order valence-corrected chi connectivity index (χ2v) is 9.71. The molecule has 0 unspecified atom stereocenters. The highest BCUT2D eigenvalue weighted by molar-refractivity contribution is 6.93. The Morgan fingerprint density at radius 2 is 1.29 bits per heavy atom. The molecular weight excluding hydrogens is 381 g/mol. The standard InChI is InChI=1S/C22H21F3O2Si/c1-16(2)15-26-28(17-9-5-3-6-10-17,18-11-7-4-8-12-18)27-20-14-13-19(23)21(24)22(20)25/h3-14,16H,15H2,1-2H3. The number of hydrogen-bond acceptors (Lipinski definition) is 2. The van der Waals surface area contributed by atoms with E-state index in [1.807, 2.05) is 74.5 Å². The summed E-state index contributed by atoms with van der Waals surface area (Å²) in [5.41, 5.74) is 0. The molecule has 0 saturated carbocycles. The van der Waals surface area contributed by atoms with Crippen LogP contribution < -0.4 is 14.8 Å². The van der Waals surface area contributed by atoms with Crippen LogP contribution in [0.25, 0.3) is 0 Å². The van der Waals surface area contributed by atoms with Gasteiger partial charge in [-0.25, -0.2) is 8.78 Å². The van der Waals surface area contributed by atoms with Crippen molar-refractivity contribution in [3.63, 3.8) is 0 Å². The van der Waals surface area contributed by atoms with Crippen molar-refractivity contribution in [3.8, 4) is 5.75 Å². The summed E-state index contributed by atoms with van der Waals surface area (Å²) in [7, 11) is -3.45. The van der Waals surface area contributed by atoms with Crippen molar-refractivity contribution in [2.45, 2.75) is 13.8 Å². The summed E-state index contributed by atoms with van der Waals surface area (Å²) in [5, 5.41) is 1.48. The predicted octanol–water partition coefficient (Wildman–Crippen LogP) is 4.41. The SMILES string of the molecule is CC(C)CO[Si](Oc1ccc(F)c(F)c1F)(c1ccccc1)c1ccccc1. The largest absolute Gasteiger partial charge is 0.511 e. The van der Waals surface area contributed by atoms with Gasteiger partial charge in [0, 0.05) is 17.0 Å². The molecular formula is C22H21F3O2Si. The molecule has 0 bridgehead atoms. The lowest BCUT2D eigenvalue weighted by molar-refractivity contribution is 0.223. The van der Waals surface area contributed by atoms with Crippen LogP contribution in [0.2, 0.25) is 0 Å². The van der Waals surface area contributed by atoms with Gasteiger partial charge >= 0.3 is 8.56 Å². The molecule has 0 saturated heterocycles. The monoisotopic (exact) mass is 402 g/mol.